The van der Waals surface area contributed by atoms with Gasteiger partial charge in [0, 0.05) is 69.4 Å². The Balaban J connectivity index is 0.664. The minimum absolute atomic E-state index is 0.00822. The Morgan fingerprint density at radius 1 is 0.824 bits per heavy atom. The fraction of sp³-hybridized carbons (Fsp3) is 0.479. The summed E-state index contributed by atoms with van der Waals surface area (Å²) >= 11 is 0. The lowest BCUT2D eigenvalue weighted by Crippen LogP contribution is -2.54. The molecule has 20 heteroatoms. The molecule has 3 aromatic heterocycles. The summed E-state index contributed by atoms with van der Waals surface area (Å²) in [6.07, 6.45) is 7.58. The number of benzene rings is 1. The number of nitrogens with zero attached hydrogens (tertiary/aromatic N) is 6. The lowest BCUT2D eigenvalue weighted by Gasteiger charge is -2.35. The summed E-state index contributed by atoms with van der Waals surface area (Å²) in [6, 6.07) is 9.27. The number of aryl methyl sites for hydroxylation is 1. The van der Waals surface area contributed by atoms with Gasteiger partial charge in [0.15, 0.2) is 12.4 Å². The van der Waals surface area contributed by atoms with E-state index < -0.39 is 42.2 Å². The third-order valence-electron chi connectivity index (χ3n) is 12.8. The van der Waals surface area contributed by atoms with Crippen molar-refractivity contribution in [2.75, 3.05) is 95.7 Å². The van der Waals surface area contributed by atoms with Gasteiger partial charge in [-0.2, -0.15) is 0 Å². The second-order valence-corrected chi connectivity index (χ2v) is 17.2. The summed E-state index contributed by atoms with van der Waals surface area (Å²) in [5, 5.41) is 8.95. The standard InChI is InChI=1S/C48H57N9O11/c1-30-35-28-51-40(26-37(35)56(32-6-3-4-7-32)47(63)43(30)31(2)58)52-39-12-10-33(27-50-39)55-17-15-54(16-18-55)19-21-66-23-25-67-24-22-65-20-14-49-42(60)29-68-38-9-5-8-34-44(38)48(64)57(46(34)62)36-11-13-41(59)53-45(36)61/h5,8-10,12,26-28,32,36H,3-4,6-7,11,13-25,29H2,1-2H3,(H,49,60)(H,50,51,52)(H,53,59,61). The van der Waals surface area contributed by atoms with Crippen LogP contribution in [0.4, 0.5) is 17.3 Å². The van der Waals surface area contributed by atoms with E-state index in [0.717, 1.165) is 79.9 Å². The lowest BCUT2D eigenvalue weighted by atomic mass is 10.0. The Kier molecular flexibility index (Phi) is 15.5. The molecule has 4 aliphatic rings. The smallest absolute Gasteiger partial charge is 0.266 e. The van der Waals surface area contributed by atoms with Crippen LogP contribution in [-0.4, -0.2) is 151 Å². The van der Waals surface area contributed by atoms with E-state index >= 15 is 0 Å². The van der Waals surface area contributed by atoms with Gasteiger partial charge in [-0.05, 0) is 62.9 Å². The molecule has 1 atom stereocenters. The molecule has 8 rings (SSSR count). The Labute approximate surface area is 392 Å². The molecule has 3 N–H and O–H groups in total. The summed E-state index contributed by atoms with van der Waals surface area (Å²) in [6.45, 7) is 9.80. The van der Waals surface area contributed by atoms with Gasteiger partial charge in [0.2, 0.25) is 11.8 Å². The maximum absolute atomic E-state index is 13.6. The quantitative estimate of drug-likeness (QED) is 0.0619. The van der Waals surface area contributed by atoms with Gasteiger partial charge in [-0.25, -0.2) is 9.97 Å². The van der Waals surface area contributed by atoms with Crippen LogP contribution in [0, 0.1) is 6.92 Å². The normalized spacial score (nSPS) is 17.8. The second-order valence-electron chi connectivity index (χ2n) is 17.2. The van der Waals surface area contributed by atoms with Crippen LogP contribution in [0.5, 0.6) is 5.75 Å². The number of fused-ring (bicyclic) bond motifs is 2. The number of amides is 5. The van der Waals surface area contributed by atoms with Gasteiger partial charge in [-0.1, -0.05) is 18.9 Å². The van der Waals surface area contributed by atoms with Crippen LogP contribution < -0.4 is 31.1 Å². The van der Waals surface area contributed by atoms with Crippen molar-refractivity contribution in [3.63, 3.8) is 0 Å². The van der Waals surface area contributed by atoms with Gasteiger partial charge in [-0.15, -0.1) is 0 Å². The van der Waals surface area contributed by atoms with Crippen molar-refractivity contribution in [3.8, 4) is 5.75 Å². The first-order valence-electron chi connectivity index (χ1n) is 23.2. The van der Waals surface area contributed by atoms with Crippen molar-refractivity contribution < 1.29 is 47.7 Å². The predicted molar refractivity (Wildman–Crippen MR) is 248 cm³/mol. The van der Waals surface area contributed by atoms with Crippen LogP contribution in [0.1, 0.15) is 88.1 Å². The Hall–Kier alpha value is -6.61. The number of imide groups is 2. The minimum atomic E-state index is -1.10. The summed E-state index contributed by atoms with van der Waals surface area (Å²) in [5.41, 5.74) is 2.54. The second kappa shape index (κ2) is 22.0. The molecular formula is C48H57N9O11. The van der Waals surface area contributed by atoms with Crippen molar-refractivity contribution in [1.82, 2.24) is 35.0 Å². The summed E-state index contributed by atoms with van der Waals surface area (Å²) in [5.74, 6) is -1.96. The SMILES string of the molecule is CC(=O)c1c(C)c2cnc(Nc3ccc(N4CCN(CCOCCOCCOCCNC(=O)COc5cccc6c5C(=O)N(C5CCC(=O)NC5=O)C6=O)CC4)cn3)cc2n(C2CCCC2)c1=O. The van der Waals surface area contributed by atoms with Crippen LogP contribution in [0.2, 0.25) is 0 Å². The van der Waals surface area contributed by atoms with Crippen molar-refractivity contribution in [2.45, 2.75) is 64.5 Å². The van der Waals surface area contributed by atoms with E-state index in [2.05, 4.69) is 35.7 Å². The monoisotopic (exact) mass is 935 g/mol. The predicted octanol–water partition coefficient (Wildman–Crippen LogP) is 2.93. The van der Waals surface area contributed by atoms with E-state index in [4.69, 9.17) is 18.9 Å². The van der Waals surface area contributed by atoms with Gasteiger partial charge < -0.3 is 39.0 Å². The Morgan fingerprint density at radius 2 is 1.54 bits per heavy atom. The number of nitrogens with one attached hydrogen (secondary N) is 3. The molecule has 68 heavy (non-hydrogen) atoms. The number of piperazine rings is 1. The first-order chi connectivity index (χ1) is 33.0. The number of aromatic nitrogens is 3. The zero-order chi connectivity index (χ0) is 47.7. The third-order valence-corrected chi connectivity index (χ3v) is 12.8. The molecule has 3 fully saturated rings. The number of carbonyl (C=O) groups is 6. The van der Waals surface area contributed by atoms with Crippen LogP contribution in [-0.2, 0) is 28.6 Å². The minimum Gasteiger partial charge on any atom is -0.483 e. The molecule has 360 valence electrons. The topological polar surface area (TPSA) is 233 Å². The number of anilines is 3. The molecule has 1 unspecified atom stereocenters. The highest BCUT2D eigenvalue weighted by atomic mass is 16.5. The van der Waals surface area contributed by atoms with Gasteiger partial charge in [-0.3, -0.25) is 48.7 Å². The summed E-state index contributed by atoms with van der Waals surface area (Å²) in [7, 11) is 0. The van der Waals surface area contributed by atoms with Crippen molar-refractivity contribution in [1.29, 1.82) is 0 Å². The lowest BCUT2D eigenvalue weighted by molar-refractivity contribution is -0.136. The number of hydrogen-bond donors (Lipinski definition) is 3. The number of Topliss-reactive ketones (excluding diaryl/α,β-unsaturated/α-hetero) is 1. The molecule has 1 aromatic carbocycles. The highest BCUT2D eigenvalue weighted by Gasteiger charge is 2.46. The van der Waals surface area contributed by atoms with Crippen molar-refractivity contribution in [2.24, 2.45) is 0 Å². The van der Waals surface area contributed by atoms with Crippen molar-refractivity contribution >= 4 is 63.5 Å². The maximum Gasteiger partial charge on any atom is 0.266 e. The van der Waals surface area contributed by atoms with E-state index in [1.165, 1.54) is 25.1 Å². The van der Waals surface area contributed by atoms with Gasteiger partial charge in [0.25, 0.3) is 23.3 Å². The molecule has 0 spiro atoms. The number of pyridine rings is 3. The van der Waals surface area contributed by atoms with Gasteiger partial charge in [0.1, 0.15) is 23.4 Å². The molecule has 4 aromatic rings. The molecule has 1 aliphatic carbocycles. The van der Waals surface area contributed by atoms with E-state index in [9.17, 15) is 33.6 Å². The molecule has 0 radical (unpaired) electrons. The third kappa shape index (κ3) is 10.9. The molecule has 6 heterocycles. The van der Waals surface area contributed by atoms with E-state index in [-0.39, 0.29) is 65.8 Å². The Morgan fingerprint density at radius 3 is 2.25 bits per heavy atom. The summed E-state index contributed by atoms with van der Waals surface area (Å²) in [4.78, 5) is 103. The van der Waals surface area contributed by atoms with E-state index in [1.54, 1.807) is 6.20 Å². The van der Waals surface area contributed by atoms with Crippen LogP contribution in [0.25, 0.3) is 10.9 Å². The van der Waals surface area contributed by atoms with Crippen LogP contribution in [0.15, 0.2) is 53.6 Å². The zero-order valence-corrected chi connectivity index (χ0v) is 38.4. The fourth-order valence-corrected chi connectivity index (χ4v) is 9.27. The molecule has 3 aliphatic heterocycles. The molecule has 20 nitrogen and oxygen atoms in total. The Bertz CT molecular complexity index is 2610. The number of carbonyl (C=O) groups excluding carboxylic acids is 6. The van der Waals surface area contributed by atoms with E-state index in [0.29, 0.717) is 50.2 Å². The number of ketones is 1. The van der Waals surface area contributed by atoms with Gasteiger partial charge in [0.05, 0.1) is 73.7 Å². The fourth-order valence-electron chi connectivity index (χ4n) is 9.27. The number of rotatable bonds is 21. The molecule has 0 bridgehead atoms. The van der Waals surface area contributed by atoms with E-state index in [1.807, 2.05) is 35.9 Å². The largest absolute Gasteiger partial charge is 0.483 e. The average Bonchev–Trinajstić information content (AvgIpc) is 3.95. The highest BCUT2D eigenvalue weighted by Crippen LogP contribution is 2.35. The maximum atomic E-state index is 13.6. The zero-order valence-electron chi connectivity index (χ0n) is 38.4. The number of ether oxygens (including phenoxy) is 4. The van der Waals surface area contributed by atoms with Gasteiger partial charge >= 0.3 is 0 Å². The highest BCUT2D eigenvalue weighted by molar-refractivity contribution is 6.24. The average molecular weight is 936 g/mol. The number of piperidine rings is 1. The number of hydrogen-bond acceptors (Lipinski definition) is 16. The molecule has 1 saturated carbocycles. The van der Waals surface area contributed by atoms with Crippen LogP contribution >= 0.6 is 0 Å². The van der Waals surface area contributed by atoms with Crippen LogP contribution in [0.3, 0.4) is 0 Å². The first kappa shape index (κ1) is 47.9. The first-order valence-corrected chi connectivity index (χ1v) is 23.2. The van der Waals surface area contributed by atoms with Crippen molar-refractivity contribution in [3.05, 3.63) is 81.4 Å². The molecule has 5 amide bonds. The summed E-state index contributed by atoms with van der Waals surface area (Å²) < 4.78 is 24.4. The molecule has 2 saturated heterocycles. The molecular weight excluding hydrogens is 879 g/mol.